The van der Waals surface area contributed by atoms with E-state index in [1.54, 1.807) is 0 Å². The van der Waals surface area contributed by atoms with Gasteiger partial charge in [-0.05, 0) is 12.8 Å². The van der Waals surface area contributed by atoms with E-state index < -0.39 is 0 Å². The third kappa shape index (κ3) is 1.60. The summed E-state index contributed by atoms with van der Waals surface area (Å²) < 4.78 is 0. The first-order valence-electron chi connectivity index (χ1n) is 4.37. The highest BCUT2D eigenvalue weighted by Gasteiger charge is 2.32. The molecule has 0 unspecified atom stereocenters. The zero-order valence-electron chi connectivity index (χ0n) is 7.31. The predicted octanol–water partition coefficient (Wildman–Crippen LogP) is 0.908. The van der Waals surface area contributed by atoms with E-state index in [0.717, 1.165) is 32.1 Å². The van der Waals surface area contributed by atoms with Crippen molar-refractivity contribution in [3.63, 3.8) is 0 Å². The van der Waals surface area contributed by atoms with E-state index in [0.29, 0.717) is 5.70 Å². The van der Waals surface area contributed by atoms with Gasteiger partial charge in [0.2, 0.25) is 6.41 Å². The molecule has 12 heavy (non-hydrogen) atoms. The molecule has 1 aliphatic rings. The topological polar surface area (TPSA) is 55.1 Å². The Kier molecular flexibility index (Phi) is 2.74. The first kappa shape index (κ1) is 9.10. The Morgan fingerprint density at radius 2 is 2.00 bits per heavy atom. The number of rotatable bonds is 3. The van der Waals surface area contributed by atoms with Gasteiger partial charge in [0.1, 0.15) is 0 Å². The van der Waals surface area contributed by atoms with Crippen molar-refractivity contribution in [2.75, 3.05) is 0 Å². The Bertz CT molecular complexity index is 183. The Labute approximate surface area is 73.0 Å². The quantitative estimate of drug-likeness (QED) is 0.615. The molecular weight excluding hydrogens is 152 g/mol. The molecule has 0 saturated heterocycles. The normalized spacial score (nSPS) is 21.3. The van der Waals surface area contributed by atoms with Gasteiger partial charge in [0.15, 0.2) is 0 Å². The van der Waals surface area contributed by atoms with E-state index in [2.05, 4.69) is 11.9 Å². The highest BCUT2D eigenvalue weighted by Crippen LogP contribution is 2.30. The molecule has 0 aliphatic heterocycles. The number of hydrogen-bond acceptors (Lipinski definition) is 2. The largest absolute Gasteiger partial charge is 0.401 e. The predicted molar refractivity (Wildman–Crippen MR) is 48.3 cm³/mol. The summed E-state index contributed by atoms with van der Waals surface area (Å²) in [5, 5.41) is 2.79. The molecule has 0 aromatic heterocycles. The van der Waals surface area contributed by atoms with Crippen LogP contribution in [0.5, 0.6) is 0 Å². The van der Waals surface area contributed by atoms with Crippen molar-refractivity contribution in [3.05, 3.63) is 12.3 Å². The van der Waals surface area contributed by atoms with Gasteiger partial charge in [-0.15, -0.1) is 0 Å². The summed E-state index contributed by atoms with van der Waals surface area (Å²) in [6.45, 7) is 3.73. The molecule has 0 heterocycles. The molecule has 0 bridgehead atoms. The average molecular weight is 168 g/mol. The second-order valence-electron chi connectivity index (χ2n) is 3.43. The fourth-order valence-corrected chi connectivity index (χ4v) is 1.83. The molecule has 1 aliphatic carbocycles. The molecule has 1 rings (SSSR count). The lowest BCUT2D eigenvalue weighted by Gasteiger charge is -2.36. The lowest BCUT2D eigenvalue weighted by Crippen LogP contribution is -2.49. The van der Waals surface area contributed by atoms with E-state index in [9.17, 15) is 4.79 Å². The maximum atomic E-state index is 10.4. The maximum absolute atomic E-state index is 10.4. The summed E-state index contributed by atoms with van der Waals surface area (Å²) in [6, 6.07) is 0. The van der Waals surface area contributed by atoms with E-state index >= 15 is 0 Å². The molecule has 1 fully saturated rings. The highest BCUT2D eigenvalue weighted by atomic mass is 16.1. The van der Waals surface area contributed by atoms with Crippen LogP contribution in [0.4, 0.5) is 0 Å². The molecular formula is C9H16N2O. The summed E-state index contributed by atoms with van der Waals surface area (Å²) in [5.74, 6) is 0. The van der Waals surface area contributed by atoms with Gasteiger partial charge in [-0.25, -0.2) is 0 Å². The fraction of sp³-hybridized carbons (Fsp3) is 0.667. The molecule has 0 radical (unpaired) electrons. The summed E-state index contributed by atoms with van der Waals surface area (Å²) in [7, 11) is 0. The second-order valence-corrected chi connectivity index (χ2v) is 3.43. The molecule has 3 nitrogen and oxygen atoms in total. The lowest BCUT2D eigenvalue weighted by atomic mass is 9.80. The Hall–Kier alpha value is -0.990. The zero-order valence-corrected chi connectivity index (χ0v) is 7.31. The minimum atomic E-state index is -0.306. The number of carbonyl (C=O) groups excluding carboxylic acids is 1. The molecule has 1 saturated carbocycles. The van der Waals surface area contributed by atoms with Crippen molar-refractivity contribution in [1.82, 2.24) is 5.32 Å². The third-order valence-corrected chi connectivity index (χ3v) is 2.66. The van der Waals surface area contributed by atoms with Crippen LogP contribution >= 0.6 is 0 Å². The summed E-state index contributed by atoms with van der Waals surface area (Å²) >= 11 is 0. The summed E-state index contributed by atoms with van der Waals surface area (Å²) in [5.41, 5.74) is 5.96. The Balaban J connectivity index is 2.69. The smallest absolute Gasteiger partial charge is 0.207 e. The standard InChI is InChI=1S/C9H16N2O/c1-8(10)9(11-7-12)5-3-2-4-6-9/h7H,1-6,10H2,(H,11,12). The van der Waals surface area contributed by atoms with Gasteiger partial charge in [-0.2, -0.15) is 0 Å². The minimum absolute atomic E-state index is 0.306. The molecule has 68 valence electrons. The average Bonchev–Trinajstić information content (AvgIpc) is 2.06. The number of nitrogens with two attached hydrogens (primary N) is 1. The summed E-state index contributed by atoms with van der Waals surface area (Å²) in [4.78, 5) is 10.4. The van der Waals surface area contributed by atoms with Crippen LogP contribution < -0.4 is 11.1 Å². The van der Waals surface area contributed by atoms with Crippen LogP contribution in [0.1, 0.15) is 32.1 Å². The van der Waals surface area contributed by atoms with E-state index in [4.69, 9.17) is 5.73 Å². The lowest BCUT2D eigenvalue weighted by molar-refractivity contribution is -0.111. The Morgan fingerprint density at radius 1 is 1.42 bits per heavy atom. The van der Waals surface area contributed by atoms with Crippen molar-refractivity contribution in [1.29, 1.82) is 0 Å². The highest BCUT2D eigenvalue weighted by molar-refractivity contribution is 5.50. The monoisotopic (exact) mass is 168 g/mol. The summed E-state index contributed by atoms with van der Waals surface area (Å²) in [6.07, 6.45) is 6.06. The SMILES string of the molecule is C=C(N)C1(NC=O)CCCCC1. The number of carbonyl (C=O) groups is 1. The number of amides is 1. The minimum Gasteiger partial charge on any atom is -0.401 e. The molecule has 3 N–H and O–H groups in total. The van der Waals surface area contributed by atoms with Gasteiger partial charge in [0.05, 0.1) is 5.54 Å². The van der Waals surface area contributed by atoms with Crippen LogP contribution in [0.3, 0.4) is 0 Å². The fourth-order valence-electron chi connectivity index (χ4n) is 1.83. The van der Waals surface area contributed by atoms with Crippen LogP contribution in [0.15, 0.2) is 12.3 Å². The van der Waals surface area contributed by atoms with Crippen molar-refractivity contribution in [3.8, 4) is 0 Å². The van der Waals surface area contributed by atoms with Crippen LogP contribution in [0.25, 0.3) is 0 Å². The van der Waals surface area contributed by atoms with Crippen LogP contribution in [0.2, 0.25) is 0 Å². The van der Waals surface area contributed by atoms with E-state index in [-0.39, 0.29) is 5.54 Å². The van der Waals surface area contributed by atoms with E-state index in [1.807, 2.05) is 0 Å². The second kappa shape index (κ2) is 3.61. The number of nitrogens with one attached hydrogen (secondary N) is 1. The van der Waals surface area contributed by atoms with Gasteiger partial charge >= 0.3 is 0 Å². The zero-order chi connectivity index (χ0) is 9.03. The molecule has 0 aromatic carbocycles. The number of hydrogen-bond donors (Lipinski definition) is 2. The van der Waals surface area contributed by atoms with Crippen molar-refractivity contribution >= 4 is 6.41 Å². The van der Waals surface area contributed by atoms with Crippen LogP contribution in [-0.2, 0) is 4.79 Å². The van der Waals surface area contributed by atoms with Gasteiger partial charge in [0.25, 0.3) is 0 Å². The maximum Gasteiger partial charge on any atom is 0.207 e. The van der Waals surface area contributed by atoms with Crippen molar-refractivity contribution in [2.24, 2.45) is 5.73 Å². The molecule has 3 heteroatoms. The molecule has 0 atom stereocenters. The van der Waals surface area contributed by atoms with Crippen LogP contribution in [-0.4, -0.2) is 11.9 Å². The van der Waals surface area contributed by atoms with Crippen LogP contribution in [0, 0.1) is 0 Å². The first-order valence-corrected chi connectivity index (χ1v) is 4.37. The molecule has 0 aromatic rings. The Morgan fingerprint density at radius 3 is 2.42 bits per heavy atom. The van der Waals surface area contributed by atoms with Crippen molar-refractivity contribution in [2.45, 2.75) is 37.6 Å². The third-order valence-electron chi connectivity index (χ3n) is 2.66. The van der Waals surface area contributed by atoms with E-state index in [1.165, 1.54) is 6.42 Å². The molecule has 1 amide bonds. The van der Waals surface area contributed by atoms with Gasteiger partial charge in [-0.1, -0.05) is 25.8 Å². The molecule has 0 spiro atoms. The van der Waals surface area contributed by atoms with Gasteiger partial charge in [-0.3, -0.25) is 4.79 Å². The van der Waals surface area contributed by atoms with Gasteiger partial charge < -0.3 is 11.1 Å². The first-order chi connectivity index (χ1) is 5.71. The van der Waals surface area contributed by atoms with Crippen molar-refractivity contribution < 1.29 is 4.79 Å². The van der Waals surface area contributed by atoms with Gasteiger partial charge in [0, 0.05) is 5.70 Å².